The molecule has 0 radical (unpaired) electrons. The summed E-state index contributed by atoms with van der Waals surface area (Å²) in [6.07, 6.45) is -15.6. The van der Waals surface area contributed by atoms with Gasteiger partial charge in [-0.3, -0.25) is 0 Å². The van der Waals surface area contributed by atoms with Crippen LogP contribution in [0.5, 0.6) is 0 Å². The third-order valence-electron chi connectivity index (χ3n) is 3.98. The van der Waals surface area contributed by atoms with Crippen molar-refractivity contribution in [1.29, 1.82) is 0 Å². The number of hydrogen-bond acceptors (Lipinski definition) is 11. The maximum Gasteiger partial charge on any atom is 0.187 e. The van der Waals surface area contributed by atoms with Gasteiger partial charge < -0.3 is 55.1 Å². The molecular weight excluding hydrogens is 320 g/mol. The summed E-state index contributed by atoms with van der Waals surface area (Å²) in [6, 6.07) is 0. The van der Waals surface area contributed by atoms with Crippen molar-refractivity contribution < 1.29 is 55.1 Å². The van der Waals surface area contributed by atoms with Crippen molar-refractivity contribution in [2.75, 3.05) is 13.2 Å². The molecule has 0 aromatic heterocycles. The molecule has 8 N–H and O–H groups in total. The van der Waals surface area contributed by atoms with Gasteiger partial charge in [0.1, 0.15) is 48.8 Å². The lowest BCUT2D eigenvalue weighted by atomic mass is 9.97. The zero-order chi connectivity index (χ0) is 17.3. The molecule has 2 saturated heterocycles. The predicted octanol–water partition coefficient (Wildman–Crippen LogP) is -5.40. The fourth-order valence-electron chi connectivity index (χ4n) is 2.57. The van der Waals surface area contributed by atoms with Crippen molar-refractivity contribution in [2.24, 2.45) is 0 Å². The molecule has 11 heteroatoms. The zero-order valence-electron chi connectivity index (χ0n) is 12.0. The van der Waals surface area contributed by atoms with E-state index < -0.39 is 74.6 Å². The van der Waals surface area contributed by atoms with Gasteiger partial charge in [0.15, 0.2) is 12.6 Å². The van der Waals surface area contributed by atoms with Crippen LogP contribution in [0, 0.1) is 0 Å². The molecule has 0 aromatic carbocycles. The summed E-state index contributed by atoms with van der Waals surface area (Å²) in [7, 11) is 0. The molecular formula is C12H22O11. The molecule has 0 aliphatic carbocycles. The molecule has 11 nitrogen and oxygen atoms in total. The molecule has 136 valence electrons. The molecule has 2 heterocycles. The third-order valence-corrected chi connectivity index (χ3v) is 3.98. The number of rotatable bonds is 4. The van der Waals surface area contributed by atoms with Gasteiger partial charge in [0, 0.05) is 0 Å². The highest BCUT2D eigenvalue weighted by Gasteiger charge is 2.50. The van der Waals surface area contributed by atoms with E-state index in [2.05, 4.69) is 0 Å². The standard InChI is InChI=1S/C12H22O11/c13-1-3-5(15)6(16)9(19)12(22-3)23-10-4(2-14)21-11(20)8(18)7(10)17/h3-20H,1-2H2/t3-,4-,5+,6+,7-,8+,9+,10-,11+,12-/m0/s1. The first-order chi connectivity index (χ1) is 10.8. The lowest BCUT2D eigenvalue weighted by molar-refractivity contribution is -0.355. The van der Waals surface area contributed by atoms with Crippen LogP contribution < -0.4 is 0 Å². The largest absolute Gasteiger partial charge is 0.394 e. The molecule has 2 fully saturated rings. The fraction of sp³-hybridized carbons (Fsp3) is 1.00. The van der Waals surface area contributed by atoms with E-state index in [1.165, 1.54) is 0 Å². The first-order valence-electron chi connectivity index (χ1n) is 7.08. The maximum atomic E-state index is 9.94. The van der Waals surface area contributed by atoms with Crippen LogP contribution in [0.1, 0.15) is 0 Å². The Kier molecular flexibility index (Phi) is 6.27. The lowest BCUT2D eigenvalue weighted by Gasteiger charge is -2.45. The quantitative estimate of drug-likeness (QED) is 0.243. The minimum atomic E-state index is -1.74. The Labute approximate surface area is 130 Å². The van der Waals surface area contributed by atoms with Crippen molar-refractivity contribution >= 4 is 0 Å². The summed E-state index contributed by atoms with van der Waals surface area (Å²) < 4.78 is 15.3. The van der Waals surface area contributed by atoms with Crippen molar-refractivity contribution in [3.05, 3.63) is 0 Å². The molecule has 0 aromatic rings. The number of aliphatic hydroxyl groups is 8. The Balaban J connectivity index is 2.11. The maximum absolute atomic E-state index is 9.94. The molecule has 0 amide bonds. The van der Waals surface area contributed by atoms with Gasteiger partial charge in [-0.2, -0.15) is 0 Å². The average Bonchev–Trinajstić information content (AvgIpc) is 2.55. The van der Waals surface area contributed by atoms with Gasteiger partial charge in [0.2, 0.25) is 0 Å². The van der Waals surface area contributed by atoms with Crippen molar-refractivity contribution in [3.8, 4) is 0 Å². The van der Waals surface area contributed by atoms with Crippen LogP contribution in [0.3, 0.4) is 0 Å². The molecule has 10 atom stereocenters. The number of aliphatic hydroxyl groups excluding tert-OH is 8. The minimum absolute atomic E-state index is 0.667. The lowest BCUT2D eigenvalue weighted by Crippen LogP contribution is -2.64. The van der Waals surface area contributed by atoms with E-state index in [4.69, 9.17) is 19.3 Å². The summed E-state index contributed by atoms with van der Waals surface area (Å²) >= 11 is 0. The van der Waals surface area contributed by atoms with Gasteiger partial charge in [0.05, 0.1) is 13.2 Å². The van der Waals surface area contributed by atoms with E-state index in [1.807, 2.05) is 0 Å². The Morgan fingerprint density at radius 3 is 1.83 bits per heavy atom. The summed E-state index contributed by atoms with van der Waals surface area (Å²) in [4.78, 5) is 0. The summed E-state index contributed by atoms with van der Waals surface area (Å²) in [5.74, 6) is 0. The Morgan fingerprint density at radius 1 is 0.652 bits per heavy atom. The highest BCUT2D eigenvalue weighted by molar-refractivity contribution is 4.93. The first kappa shape index (κ1) is 18.9. The monoisotopic (exact) mass is 342 g/mol. The van der Waals surface area contributed by atoms with Gasteiger partial charge >= 0.3 is 0 Å². The summed E-state index contributed by atoms with van der Waals surface area (Å²) in [5, 5.41) is 76.5. The Morgan fingerprint density at radius 2 is 1.26 bits per heavy atom. The predicted molar refractivity (Wildman–Crippen MR) is 68.6 cm³/mol. The molecule has 0 spiro atoms. The van der Waals surface area contributed by atoms with Gasteiger partial charge in [0.25, 0.3) is 0 Å². The fourth-order valence-corrected chi connectivity index (χ4v) is 2.57. The average molecular weight is 342 g/mol. The van der Waals surface area contributed by atoms with Crippen LogP contribution >= 0.6 is 0 Å². The van der Waals surface area contributed by atoms with Crippen LogP contribution in [0.25, 0.3) is 0 Å². The van der Waals surface area contributed by atoms with E-state index >= 15 is 0 Å². The van der Waals surface area contributed by atoms with E-state index in [1.54, 1.807) is 0 Å². The molecule has 2 aliphatic rings. The van der Waals surface area contributed by atoms with Crippen LogP contribution in [-0.2, 0) is 14.2 Å². The van der Waals surface area contributed by atoms with E-state index in [-0.39, 0.29) is 0 Å². The number of hydrogen-bond donors (Lipinski definition) is 8. The second kappa shape index (κ2) is 7.63. The molecule has 2 rings (SSSR count). The van der Waals surface area contributed by atoms with Crippen LogP contribution in [-0.4, -0.2) is 115 Å². The summed E-state index contributed by atoms with van der Waals surface area (Å²) in [5.41, 5.74) is 0. The molecule has 0 bridgehead atoms. The topological polar surface area (TPSA) is 190 Å². The van der Waals surface area contributed by atoms with Crippen molar-refractivity contribution in [3.63, 3.8) is 0 Å². The molecule has 2 aliphatic heterocycles. The SMILES string of the molecule is OC[C@@H]1O[C@@H](O[C@@H]2[C@@H](O)[C@@H](O)[C@H](O)O[C@H]2CO)[C@H](O)[C@H](O)[C@@H]1O. The van der Waals surface area contributed by atoms with E-state index in [0.29, 0.717) is 0 Å². The van der Waals surface area contributed by atoms with Crippen molar-refractivity contribution in [2.45, 2.75) is 61.4 Å². The van der Waals surface area contributed by atoms with Crippen molar-refractivity contribution in [1.82, 2.24) is 0 Å². The second-order valence-corrected chi connectivity index (χ2v) is 5.53. The number of ether oxygens (including phenoxy) is 3. The van der Waals surface area contributed by atoms with E-state index in [0.717, 1.165) is 0 Å². The molecule has 23 heavy (non-hydrogen) atoms. The smallest absolute Gasteiger partial charge is 0.187 e. The van der Waals surface area contributed by atoms with E-state index in [9.17, 15) is 35.7 Å². The Bertz CT molecular complexity index is 378. The Hall–Kier alpha value is -0.440. The van der Waals surface area contributed by atoms with Crippen LogP contribution in [0.15, 0.2) is 0 Å². The highest BCUT2D eigenvalue weighted by Crippen LogP contribution is 2.28. The normalized spacial score (nSPS) is 51.7. The zero-order valence-corrected chi connectivity index (χ0v) is 12.0. The highest BCUT2D eigenvalue weighted by atomic mass is 16.7. The van der Waals surface area contributed by atoms with Gasteiger partial charge in [-0.05, 0) is 0 Å². The minimum Gasteiger partial charge on any atom is -0.394 e. The molecule has 0 unspecified atom stereocenters. The van der Waals surface area contributed by atoms with Crippen LogP contribution in [0.4, 0.5) is 0 Å². The summed E-state index contributed by atoms with van der Waals surface area (Å²) in [6.45, 7) is -1.35. The van der Waals surface area contributed by atoms with Gasteiger partial charge in [-0.25, -0.2) is 0 Å². The van der Waals surface area contributed by atoms with Gasteiger partial charge in [-0.15, -0.1) is 0 Å². The first-order valence-corrected chi connectivity index (χ1v) is 7.08. The third kappa shape index (κ3) is 3.65. The van der Waals surface area contributed by atoms with Crippen LogP contribution in [0.2, 0.25) is 0 Å². The molecule has 0 saturated carbocycles. The second-order valence-electron chi connectivity index (χ2n) is 5.53. The van der Waals surface area contributed by atoms with Gasteiger partial charge in [-0.1, -0.05) is 0 Å².